The minimum absolute atomic E-state index is 0.279. The molecule has 11 rings (SSSR count). The molecule has 0 spiro atoms. The average molecular weight is 1060 g/mol. The van der Waals surface area contributed by atoms with Gasteiger partial charge >= 0.3 is 0 Å². The molecule has 0 unspecified atom stereocenters. The van der Waals surface area contributed by atoms with Gasteiger partial charge in [-0.1, -0.05) is 60.7 Å². The number of rotatable bonds is 22. The van der Waals surface area contributed by atoms with Crippen molar-refractivity contribution in [2.75, 3.05) is 0 Å². The molecular weight excluding hydrogens is 1000 g/mol. The Labute approximate surface area is 463 Å². The van der Waals surface area contributed by atoms with Crippen molar-refractivity contribution in [3.63, 3.8) is 0 Å². The van der Waals surface area contributed by atoms with Crippen molar-refractivity contribution in [3.05, 3.63) is 251 Å². The summed E-state index contributed by atoms with van der Waals surface area (Å²) < 4.78 is 24.3. The van der Waals surface area contributed by atoms with Gasteiger partial charge in [0.15, 0.2) is 0 Å². The SMILES string of the molecule is Cc1cccc(-c2cccc(COCc3cccc(-c4cccc(COCc5cccc(-c6ccc(-c7cccc(COCc8cccc(-c9cccc(COCc%10cccc(-c%11cccc(C)n%11)n%10)n9)n8)n7)nn6)n5)n4)n3)n2)n1. The molecule has 0 aliphatic carbocycles. The predicted molar refractivity (Wildman–Crippen MR) is 302 cm³/mol. The van der Waals surface area contributed by atoms with E-state index in [-0.39, 0.29) is 26.4 Å². The molecular formula is C64H54N12O4. The Balaban J connectivity index is 0.634. The lowest BCUT2D eigenvalue weighted by molar-refractivity contribution is 0.102. The second kappa shape index (κ2) is 25.7. The molecule has 0 radical (unpaired) electrons. The van der Waals surface area contributed by atoms with E-state index in [1.165, 1.54) is 0 Å². The van der Waals surface area contributed by atoms with Gasteiger partial charge in [-0.2, -0.15) is 0 Å². The first-order valence-electron chi connectivity index (χ1n) is 26.1. The van der Waals surface area contributed by atoms with Crippen LogP contribution in [-0.2, 0) is 71.8 Å². The molecule has 0 atom stereocenters. The highest BCUT2D eigenvalue weighted by atomic mass is 16.5. The quantitative estimate of drug-likeness (QED) is 0.0622. The highest BCUT2D eigenvalue weighted by Gasteiger charge is 2.12. The zero-order valence-electron chi connectivity index (χ0n) is 44.1. The lowest BCUT2D eigenvalue weighted by atomic mass is 10.2. The van der Waals surface area contributed by atoms with Crippen LogP contribution in [0, 0.1) is 13.8 Å². The van der Waals surface area contributed by atoms with E-state index in [9.17, 15) is 0 Å². The first kappa shape index (κ1) is 52.5. The molecule has 0 aliphatic heterocycles. The topological polar surface area (TPSA) is 192 Å². The summed E-state index contributed by atoms with van der Waals surface area (Å²) >= 11 is 0. The molecule has 394 valence electrons. The van der Waals surface area contributed by atoms with Gasteiger partial charge in [0, 0.05) is 11.4 Å². The van der Waals surface area contributed by atoms with Crippen LogP contribution in [0.3, 0.4) is 0 Å². The van der Waals surface area contributed by atoms with Crippen molar-refractivity contribution in [1.82, 2.24) is 60.0 Å². The monoisotopic (exact) mass is 1050 g/mol. The Morgan fingerprint density at radius 3 is 0.562 bits per heavy atom. The third kappa shape index (κ3) is 14.1. The van der Waals surface area contributed by atoms with E-state index < -0.39 is 0 Å². The van der Waals surface area contributed by atoms with Crippen LogP contribution in [0.2, 0.25) is 0 Å². The summed E-state index contributed by atoms with van der Waals surface area (Å²) in [4.78, 5) is 47.7. The minimum Gasteiger partial charge on any atom is -0.369 e. The fourth-order valence-electron chi connectivity index (χ4n) is 8.64. The molecule has 80 heavy (non-hydrogen) atoms. The molecule has 16 heteroatoms. The van der Waals surface area contributed by atoms with Crippen LogP contribution < -0.4 is 0 Å². The lowest BCUT2D eigenvalue weighted by Crippen LogP contribution is -2.02. The number of nitrogens with zero attached hydrogens (tertiary/aromatic N) is 12. The predicted octanol–water partition coefficient (Wildman–Crippen LogP) is 11.9. The van der Waals surface area contributed by atoms with Gasteiger partial charge in [0.1, 0.15) is 11.4 Å². The normalized spacial score (nSPS) is 11.2. The first-order chi connectivity index (χ1) is 39.4. The zero-order valence-corrected chi connectivity index (χ0v) is 44.1. The molecule has 11 aromatic rings. The van der Waals surface area contributed by atoms with Gasteiger partial charge < -0.3 is 18.9 Å². The molecule has 11 aromatic heterocycles. The van der Waals surface area contributed by atoms with E-state index in [0.717, 1.165) is 102 Å². The molecule has 0 fully saturated rings. The molecule has 0 aromatic carbocycles. The molecule has 0 bridgehead atoms. The molecule has 0 N–H and O–H groups in total. The Hall–Kier alpha value is -9.58. The van der Waals surface area contributed by atoms with E-state index in [1.807, 2.05) is 208 Å². The van der Waals surface area contributed by atoms with Crippen LogP contribution in [0.1, 0.15) is 56.9 Å². The average Bonchev–Trinajstić information content (AvgIpc) is 3.50. The highest BCUT2D eigenvalue weighted by Crippen LogP contribution is 2.23. The van der Waals surface area contributed by atoms with E-state index in [4.69, 9.17) is 58.8 Å². The van der Waals surface area contributed by atoms with Gasteiger partial charge in [0.25, 0.3) is 0 Å². The van der Waals surface area contributed by atoms with Gasteiger partial charge in [0.05, 0.1) is 155 Å². The Kier molecular flexibility index (Phi) is 16.9. The molecule has 0 aliphatic rings. The van der Waals surface area contributed by atoms with Crippen molar-refractivity contribution in [2.45, 2.75) is 66.7 Å². The van der Waals surface area contributed by atoms with Gasteiger partial charge in [-0.3, -0.25) is 9.97 Å². The van der Waals surface area contributed by atoms with Gasteiger partial charge in [-0.05, 0) is 147 Å². The van der Waals surface area contributed by atoms with Crippen LogP contribution in [0.4, 0.5) is 0 Å². The Morgan fingerprint density at radius 1 is 0.200 bits per heavy atom. The van der Waals surface area contributed by atoms with Crippen LogP contribution in [-0.4, -0.2) is 60.0 Å². The van der Waals surface area contributed by atoms with Crippen molar-refractivity contribution in [2.24, 2.45) is 0 Å². The van der Waals surface area contributed by atoms with Gasteiger partial charge in [-0.25, -0.2) is 39.9 Å². The van der Waals surface area contributed by atoms with Crippen LogP contribution >= 0.6 is 0 Å². The van der Waals surface area contributed by atoms with Crippen molar-refractivity contribution in [3.8, 4) is 68.3 Å². The van der Waals surface area contributed by atoms with Crippen molar-refractivity contribution in [1.29, 1.82) is 0 Å². The van der Waals surface area contributed by atoms with E-state index in [2.05, 4.69) is 20.2 Å². The summed E-state index contributed by atoms with van der Waals surface area (Å²) in [7, 11) is 0. The Bertz CT molecular complexity index is 3630. The van der Waals surface area contributed by atoms with Crippen LogP contribution in [0.25, 0.3) is 68.3 Å². The van der Waals surface area contributed by atoms with E-state index in [1.54, 1.807) is 0 Å². The molecule has 16 nitrogen and oxygen atoms in total. The fourth-order valence-corrected chi connectivity index (χ4v) is 8.64. The summed E-state index contributed by atoms with van der Waals surface area (Å²) in [5.74, 6) is 0. The maximum absolute atomic E-state index is 6.11. The smallest absolute Gasteiger partial charge is 0.111 e. The van der Waals surface area contributed by atoms with Crippen LogP contribution in [0.15, 0.2) is 194 Å². The zero-order chi connectivity index (χ0) is 54.3. The largest absolute Gasteiger partial charge is 0.369 e. The standard InChI is InChI=1S/C64H54N12O4/c1-43-13-3-23-53(65-43)55-25-5-15-45(67-55)35-77-37-47-17-7-27-57(69-47)59-29-9-19-49(71-59)39-79-41-51-21-11-31-61(73-51)63-33-34-64(76-75-63)62-32-12-22-52(74-62)42-80-40-50-20-10-30-60(72-50)58-28-8-18-48(70-58)38-78-36-46-16-6-26-56(68-46)54-24-4-14-44(2)66-54/h3-34H,35-42H2,1-2H3. The third-order valence-corrected chi connectivity index (χ3v) is 12.5. The summed E-state index contributed by atoms with van der Waals surface area (Å²) in [5, 5.41) is 9.04. The highest BCUT2D eigenvalue weighted by molar-refractivity contribution is 5.60. The third-order valence-electron chi connectivity index (χ3n) is 12.5. The minimum atomic E-state index is 0.279. The van der Waals surface area contributed by atoms with E-state index >= 15 is 0 Å². The number of aromatic nitrogens is 12. The summed E-state index contributed by atoms with van der Waals surface area (Å²) in [6.07, 6.45) is 0. The molecule has 11 heterocycles. The summed E-state index contributed by atoms with van der Waals surface area (Å²) in [6, 6.07) is 62.2. The van der Waals surface area contributed by atoms with Gasteiger partial charge in [0.2, 0.25) is 0 Å². The number of pyridine rings is 10. The number of ether oxygens (including phenoxy) is 4. The maximum atomic E-state index is 6.11. The number of aryl methyl sites for hydroxylation is 2. The van der Waals surface area contributed by atoms with Crippen molar-refractivity contribution < 1.29 is 18.9 Å². The van der Waals surface area contributed by atoms with Gasteiger partial charge in [-0.15, -0.1) is 10.2 Å². The second-order valence-corrected chi connectivity index (χ2v) is 18.7. The second-order valence-electron chi connectivity index (χ2n) is 18.7. The number of hydrogen-bond acceptors (Lipinski definition) is 16. The maximum Gasteiger partial charge on any atom is 0.111 e. The van der Waals surface area contributed by atoms with Crippen molar-refractivity contribution >= 4 is 0 Å². The van der Waals surface area contributed by atoms with E-state index in [0.29, 0.717) is 49.2 Å². The molecule has 0 saturated heterocycles. The lowest BCUT2D eigenvalue weighted by Gasteiger charge is -2.09. The van der Waals surface area contributed by atoms with Crippen LogP contribution in [0.5, 0.6) is 0 Å². The molecule has 0 saturated carbocycles. The summed E-state index contributed by atoms with van der Waals surface area (Å²) in [6.45, 7) is 6.41. The molecule has 0 amide bonds. The summed E-state index contributed by atoms with van der Waals surface area (Å²) in [5.41, 5.74) is 17.0. The number of hydrogen-bond donors (Lipinski definition) is 0. The first-order valence-corrected chi connectivity index (χ1v) is 26.1. The fraction of sp³-hybridized carbons (Fsp3) is 0.156. The Morgan fingerprint density at radius 2 is 0.375 bits per heavy atom.